The molecule has 6 nitrogen and oxygen atoms in total. The zero-order chi connectivity index (χ0) is 18.8. The third-order valence-corrected chi connectivity index (χ3v) is 4.49. The van der Waals surface area contributed by atoms with Crippen LogP contribution in [0.25, 0.3) is 0 Å². The molecule has 0 bridgehead atoms. The van der Waals surface area contributed by atoms with E-state index in [-0.39, 0.29) is 25.1 Å². The highest BCUT2D eigenvalue weighted by Crippen LogP contribution is 2.34. The second-order valence-electron chi connectivity index (χ2n) is 6.23. The number of nitrogens with zero attached hydrogens (tertiary/aromatic N) is 2. The van der Waals surface area contributed by atoms with Crippen LogP contribution in [0.1, 0.15) is 29.7 Å². The van der Waals surface area contributed by atoms with E-state index in [1.807, 2.05) is 11.8 Å². The second-order valence-corrected chi connectivity index (χ2v) is 6.23. The summed E-state index contributed by atoms with van der Waals surface area (Å²) >= 11 is 0. The van der Waals surface area contributed by atoms with Crippen LogP contribution in [0.2, 0.25) is 0 Å². The van der Waals surface area contributed by atoms with Gasteiger partial charge >= 0.3 is 0 Å². The number of rotatable bonds is 5. The first-order valence-electron chi connectivity index (χ1n) is 8.02. The van der Waals surface area contributed by atoms with Gasteiger partial charge in [-0.3, -0.25) is 15.0 Å². The minimum absolute atomic E-state index is 0.0401. The van der Waals surface area contributed by atoms with Crippen LogP contribution in [0.4, 0.5) is 14.5 Å². The predicted octanol–water partition coefficient (Wildman–Crippen LogP) is 3.93. The Balaban J connectivity index is 1.88. The summed E-state index contributed by atoms with van der Waals surface area (Å²) in [6, 6.07) is 6.44. The van der Waals surface area contributed by atoms with Gasteiger partial charge in [-0.25, -0.2) is 8.78 Å². The molecule has 0 amide bonds. The van der Waals surface area contributed by atoms with Gasteiger partial charge in [-0.15, -0.1) is 0 Å². The van der Waals surface area contributed by atoms with Crippen molar-refractivity contribution < 1.29 is 23.2 Å². The molecular weight excluding hydrogens is 346 g/mol. The summed E-state index contributed by atoms with van der Waals surface area (Å²) in [5.74, 6) is -1.23. The van der Waals surface area contributed by atoms with E-state index in [9.17, 15) is 18.9 Å². The highest BCUT2D eigenvalue weighted by Gasteiger charge is 2.23. The van der Waals surface area contributed by atoms with E-state index >= 15 is 0 Å². The third kappa shape index (κ3) is 3.66. The molecule has 0 N–H and O–H groups in total. The molecular formula is C18H18F2N2O4. The van der Waals surface area contributed by atoms with Crippen LogP contribution in [0.5, 0.6) is 5.75 Å². The monoisotopic (exact) mass is 364 g/mol. The zero-order valence-electron chi connectivity index (χ0n) is 14.4. The SMILES string of the molecule is CC(c1ccc(F)c(F)c1)N(C)Cc1cc([N+](=O)[O-])cc2c1OCOC2. The number of fused-ring (bicyclic) bond motifs is 1. The van der Waals surface area contributed by atoms with Crippen molar-refractivity contribution in [1.29, 1.82) is 0 Å². The summed E-state index contributed by atoms with van der Waals surface area (Å²) < 4.78 is 37.4. The normalized spacial score (nSPS) is 14.7. The molecule has 8 heteroatoms. The summed E-state index contributed by atoms with van der Waals surface area (Å²) in [4.78, 5) is 12.6. The summed E-state index contributed by atoms with van der Waals surface area (Å²) in [7, 11) is 1.80. The number of nitro groups is 1. The van der Waals surface area contributed by atoms with Gasteiger partial charge < -0.3 is 9.47 Å². The topological polar surface area (TPSA) is 64.8 Å². The van der Waals surface area contributed by atoms with Crippen LogP contribution in [-0.4, -0.2) is 23.7 Å². The quantitative estimate of drug-likeness (QED) is 0.594. The highest BCUT2D eigenvalue weighted by molar-refractivity contribution is 5.50. The predicted molar refractivity (Wildman–Crippen MR) is 89.6 cm³/mol. The van der Waals surface area contributed by atoms with Crippen molar-refractivity contribution in [1.82, 2.24) is 4.90 Å². The van der Waals surface area contributed by atoms with Crippen molar-refractivity contribution in [3.8, 4) is 5.75 Å². The Morgan fingerprint density at radius 3 is 2.73 bits per heavy atom. The molecule has 3 rings (SSSR count). The Morgan fingerprint density at radius 1 is 1.27 bits per heavy atom. The molecule has 0 aliphatic carbocycles. The smallest absolute Gasteiger partial charge is 0.270 e. The van der Waals surface area contributed by atoms with Crippen molar-refractivity contribution in [2.24, 2.45) is 0 Å². The molecule has 138 valence electrons. The number of benzene rings is 2. The lowest BCUT2D eigenvalue weighted by Gasteiger charge is -2.27. The highest BCUT2D eigenvalue weighted by atomic mass is 19.2. The van der Waals surface area contributed by atoms with Crippen LogP contribution >= 0.6 is 0 Å². The van der Waals surface area contributed by atoms with Crippen molar-refractivity contribution in [2.45, 2.75) is 26.1 Å². The Hall–Kier alpha value is -2.58. The Labute approximate surface area is 149 Å². The number of ether oxygens (including phenoxy) is 2. The van der Waals surface area contributed by atoms with Gasteiger partial charge in [0.25, 0.3) is 5.69 Å². The van der Waals surface area contributed by atoms with Gasteiger partial charge in [-0.2, -0.15) is 0 Å². The molecule has 0 saturated heterocycles. The molecule has 0 spiro atoms. The molecule has 0 radical (unpaired) electrons. The fourth-order valence-corrected chi connectivity index (χ4v) is 2.94. The van der Waals surface area contributed by atoms with Crippen LogP contribution in [0.15, 0.2) is 30.3 Å². The van der Waals surface area contributed by atoms with E-state index in [1.54, 1.807) is 7.05 Å². The van der Waals surface area contributed by atoms with E-state index < -0.39 is 16.6 Å². The van der Waals surface area contributed by atoms with Gasteiger partial charge in [-0.05, 0) is 31.7 Å². The van der Waals surface area contributed by atoms with Crippen LogP contribution in [0, 0.1) is 21.7 Å². The lowest BCUT2D eigenvalue weighted by Crippen LogP contribution is -2.23. The first-order chi connectivity index (χ1) is 12.4. The van der Waals surface area contributed by atoms with E-state index in [0.29, 0.717) is 29.0 Å². The van der Waals surface area contributed by atoms with Crippen molar-refractivity contribution in [3.63, 3.8) is 0 Å². The van der Waals surface area contributed by atoms with Gasteiger partial charge in [0.1, 0.15) is 5.75 Å². The molecule has 1 unspecified atom stereocenters. The average molecular weight is 364 g/mol. The lowest BCUT2D eigenvalue weighted by molar-refractivity contribution is -0.385. The Bertz CT molecular complexity index is 844. The van der Waals surface area contributed by atoms with Crippen LogP contribution in [0.3, 0.4) is 0 Å². The summed E-state index contributed by atoms with van der Waals surface area (Å²) in [5, 5.41) is 11.2. The average Bonchev–Trinajstić information content (AvgIpc) is 2.63. The van der Waals surface area contributed by atoms with Gasteiger partial charge in [0.05, 0.1) is 11.5 Å². The molecule has 2 aromatic carbocycles. The molecule has 1 heterocycles. The maximum Gasteiger partial charge on any atom is 0.270 e. The Kier molecular flexibility index (Phi) is 5.15. The van der Waals surface area contributed by atoms with Gasteiger partial charge in [0.15, 0.2) is 18.4 Å². The zero-order valence-corrected chi connectivity index (χ0v) is 14.4. The van der Waals surface area contributed by atoms with Crippen molar-refractivity contribution >= 4 is 5.69 Å². The summed E-state index contributed by atoms with van der Waals surface area (Å²) in [6.45, 7) is 2.51. The van der Waals surface area contributed by atoms with Gasteiger partial charge in [-0.1, -0.05) is 6.07 Å². The largest absolute Gasteiger partial charge is 0.467 e. The van der Waals surface area contributed by atoms with E-state index in [0.717, 1.165) is 12.1 Å². The second kappa shape index (κ2) is 7.35. The molecule has 0 fully saturated rings. The Morgan fingerprint density at radius 2 is 2.04 bits per heavy atom. The van der Waals surface area contributed by atoms with Crippen LogP contribution in [-0.2, 0) is 17.9 Å². The fourth-order valence-electron chi connectivity index (χ4n) is 2.94. The molecule has 2 aromatic rings. The van der Waals surface area contributed by atoms with E-state index in [1.165, 1.54) is 18.2 Å². The standard InChI is InChI=1S/C18H18F2N2O4/c1-11(12-3-4-16(19)17(20)7-12)21(2)8-13-5-15(22(23)24)6-14-9-25-10-26-18(13)14/h3-7,11H,8-10H2,1-2H3. The molecule has 0 saturated carbocycles. The van der Waals surface area contributed by atoms with Gasteiger partial charge in [0, 0.05) is 35.8 Å². The number of halogens is 2. The number of non-ortho nitro benzene ring substituents is 1. The maximum absolute atomic E-state index is 13.5. The maximum atomic E-state index is 13.5. The van der Waals surface area contributed by atoms with Crippen molar-refractivity contribution in [3.05, 3.63) is 68.8 Å². The van der Waals surface area contributed by atoms with E-state index in [2.05, 4.69) is 0 Å². The lowest BCUT2D eigenvalue weighted by atomic mass is 10.0. The van der Waals surface area contributed by atoms with Crippen LogP contribution < -0.4 is 4.74 Å². The van der Waals surface area contributed by atoms with Crippen molar-refractivity contribution in [2.75, 3.05) is 13.8 Å². The minimum Gasteiger partial charge on any atom is -0.467 e. The first kappa shape index (κ1) is 18.2. The molecule has 1 aliphatic heterocycles. The molecule has 0 aromatic heterocycles. The molecule has 26 heavy (non-hydrogen) atoms. The third-order valence-electron chi connectivity index (χ3n) is 4.49. The minimum atomic E-state index is -0.907. The number of hydrogen-bond donors (Lipinski definition) is 0. The molecule has 1 atom stereocenters. The molecule has 1 aliphatic rings. The van der Waals surface area contributed by atoms with E-state index in [4.69, 9.17) is 9.47 Å². The summed E-state index contributed by atoms with van der Waals surface area (Å²) in [6.07, 6.45) is 0. The van der Waals surface area contributed by atoms with Gasteiger partial charge in [0.2, 0.25) is 0 Å². The summed E-state index contributed by atoms with van der Waals surface area (Å²) in [5.41, 5.74) is 1.83. The number of nitro benzene ring substituents is 1. The first-order valence-corrected chi connectivity index (χ1v) is 8.02. The fraction of sp³-hybridized carbons (Fsp3) is 0.333. The number of hydrogen-bond acceptors (Lipinski definition) is 5.